The van der Waals surface area contributed by atoms with Gasteiger partial charge >= 0.3 is 0 Å². The monoisotopic (exact) mass is 344 g/mol. The molecule has 20 heavy (non-hydrogen) atoms. The van der Waals surface area contributed by atoms with Gasteiger partial charge in [-0.2, -0.15) is 0 Å². The van der Waals surface area contributed by atoms with Crippen molar-refractivity contribution in [1.82, 2.24) is 10.2 Å². The van der Waals surface area contributed by atoms with E-state index in [2.05, 4.69) is 54.1 Å². The Morgan fingerprint density at radius 3 is 2.40 bits per heavy atom. The Kier molecular flexibility index (Phi) is 7.70. The van der Waals surface area contributed by atoms with Crippen LogP contribution in [0.2, 0.25) is 0 Å². The van der Waals surface area contributed by atoms with Crippen molar-refractivity contribution in [2.75, 3.05) is 20.6 Å². The number of hydrogen-bond donors (Lipinski definition) is 1. The molecule has 0 radical (unpaired) electrons. The van der Waals surface area contributed by atoms with Gasteiger partial charge in [0.05, 0.1) is 4.47 Å². The summed E-state index contributed by atoms with van der Waals surface area (Å²) < 4.78 is 13.7. The third-order valence-electron chi connectivity index (χ3n) is 3.92. The predicted molar refractivity (Wildman–Crippen MR) is 87.4 cm³/mol. The Morgan fingerprint density at radius 1 is 1.25 bits per heavy atom. The van der Waals surface area contributed by atoms with Crippen LogP contribution in [0.4, 0.5) is 4.39 Å². The molecule has 0 aliphatic carbocycles. The number of nitrogens with zero attached hydrogens (tertiary/aromatic N) is 1. The van der Waals surface area contributed by atoms with E-state index in [0.717, 1.165) is 18.7 Å². The van der Waals surface area contributed by atoms with Crippen molar-refractivity contribution in [3.05, 3.63) is 34.1 Å². The molecule has 0 spiro atoms. The second kappa shape index (κ2) is 8.75. The fourth-order valence-corrected chi connectivity index (χ4v) is 3.04. The van der Waals surface area contributed by atoms with E-state index in [4.69, 9.17) is 0 Å². The molecular formula is C16H26BrFN2. The summed E-state index contributed by atoms with van der Waals surface area (Å²) in [5.41, 5.74) is 1.10. The average Bonchev–Trinajstić information content (AvgIpc) is 2.42. The maximum absolute atomic E-state index is 13.2. The van der Waals surface area contributed by atoms with Crippen molar-refractivity contribution in [3.63, 3.8) is 0 Å². The van der Waals surface area contributed by atoms with Crippen LogP contribution in [0.5, 0.6) is 0 Å². The van der Waals surface area contributed by atoms with E-state index >= 15 is 0 Å². The zero-order valence-electron chi connectivity index (χ0n) is 12.9. The van der Waals surface area contributed by atoms with Crippen molar-refractivity contribution < 1.29 is 4.39 Å². The van der Waals surface area contributed by atoms with Gasteiger partial charge in [-0.3, -0.25) is 0 Å². The van der Waals surface area contributed by atoms with Crippen LogP contribution in [-0.2, 0) is 6.54 Å². The Labute approximate surface area is 130 Å². The van der Waals surface area contributed by atoms with Crippen molar-refractivity contribution in [3.8, 4) is 0 Å². The van der Waals surface area contributed by atoms with E-state index in [9.17, 15) is 4.39 Å². The Hall–Kier alpha value is -0.450. The highest BCUT2D eigenvalue weighted by Crippen LogP contribution is 2.18. The van der Waals surface area contributed by atoms with E-state index in [1.165, 1.54) is 18.9 Å². The summed E-state index contributed by atoms with van der Waals surface area (Å²) in [4.78, 5) is 2.30. The largest absolute Gasteiger partial charge is 0.311 e. The number of benzene rings is 1. The topological polar surface area (TPSA) is 15.3 Å². The summed E-state index contributed by atoms with van der Waals surface area (Å²) >= 11 is 3.22. The summed E-state index contributed by atoms with van der Waals surface area (Å²) in [6.45, 7) is 6.22. The molecule has 0 amide bonds. The number of nitrogens with one attached hydrogen (secondary N) is 1. The van der Waals surface area contributed by atoms with Gasteiger partial charge in [-0.05, 0) is 53.6 Å². The molecule has 2 nitrogen and oxygen atoms in total. The lowest BCUT2D eigenvalue weighted by Gasteiger charge is -2.31. The maximum Gasteiger partial charge on any atom is 0.137 e. The van der Waals surface area contributed by atoms with Gasteiger partial charge in [0.25, 0.3) is 0 Å². The Balaban J connectivity index is 2.53. The quantitative estimate of drug-likeness (QED) is 0.765. The molecule has 0 aliphatic heterocycles. The average molecular weight is 345 g/mol. The zero-order valence-corrected chi connectivity index (χ0v) is 14.5. The van der Waals surface area contributed by atoms with Crippen LogP contribution in [0.15, 0.2) is 22.7 Å². The molecular weight excluding hydrogens is 319 g/mol. The zero-order chi connectivity index (χ0) is 15.1. The third kappa shape index (κ3) is 5.15. The number of hydrogen-bond acceptors (Lipinski definition) is 2. The van der Waals surface area contributed by atoms with Gasteiger partial charge in [-0.15, -0.1) is 0 Å². The number of halogens is 2. The first kappa shape index (κ1) is 17.6. The minimum absolute atomic E-state index is 0.211. The molecule has 0 aromatic heterocycles. The van der Waals surface area contributed by atoms with Crippen molar-refractivity contribution in [2.24, 2.45) is 5.92 Å². The lowest BCUT2D eigenvalue weighted by molar-refractivity contribution is 0.194. The molecule has 0 saturated heterocycles. The van der Waals surface area contributed by atoms with Gasteiger partial charge in [-0.1, -0.05) is 32.8 Å². The van der Waals surface area contributed by atoms with Gasteiger partial charge < -0.3 is 10.2 Å². The number of rotatable bonds is 8. The van der Waals surface area contributed by atoms with Crippen molar-refractivity contribution in [2.45, 2.75) is 39.3 Å². The van der Waals surface area contributed by atoms with Gasteiger partial charge in [0.2, 0.25) is 0 Å². The van der Waals surface area contributed by atoms with Crippen molar-refractivity contribution >= 4 is 15.9 Å². The lowest BCUT2D eigenvalue weighted by Crippen LogP contribution is -2.42. The van der Waals surface area contributed by atoms with Gasteiger partial charge in [0.1, 0.15) is 5.82 Å². The van der Waals surface area contributed by atoms with Gasteiger partial charge in [0, 0.05) is 19.1 Å². The first-order chi connectivity index (χ1) is 9.49. The molecule has 0 bridgehead atoms. The Morgan fingerprint density at radius 2 is 1.90 bits per heavy atom. The van der Waals surface area contributed by atoms with Crippen LogP contribution in [0.3, 0.4) is 0 Å². The summed E-state index contributed by atoms with van der Waals surface area (Å²) in [7, 11) is 4.28. The molecule has 1 aromatic carbocycles. The first-order valence-corrected chi connectivity index (χ1v) is 8.09. The van der Waals surface area contributed by atoms with Crippen LogP contribution >= 0.6 is 15.9 Å². The molecule has 1 unspecified atom stereocenters. The summed E-state index contributed by atoms with van der Waals surface area (Å²) in [5.74, 6) is 0.495. The molecule has 0 aliphatic rings. The fourth-order valence-electron chi connectivity index (χ4n) is 2.62. The van der Waals surface area contributed by atoms with Crippen LogP contribution in [0.1, 0.15) is 32.3 Å². The first-order valence-electron chi connectivity index (χ1n) is 7.30. The van der Waals surface area contributed by atoms with E-state index in [0.29, 0.717) is 16.4 Å². The fraction of sp³-hybridized carbons (Fsp3) is 0.625. The highest BCUT2D eigenvalue weighted by molar-refractivity contribution is 9.10. The SMILES string of the molecule is CCC(CC)C(CNCc1ccc(F)c(Br)c1)N(C)C. The molecule has 0 heterocycles. The molecule has 1 aromatic rings. The smallest absolute Gasteiger partial charge is 0.137 e. The minimum atomic E-state index is -0.211. The van der Waals surface area contributed by atoms with E-state index < -0.39 is 0 Å². The second-order valence-electron chi connectivity index (χ2n) is 5.49. The summed E-state index contributed by atoms with van der Waals surface area (Å²) in [6.07, 6.45) is 2.40. The molecule has 114 valence electrons. The predicted octanol–water partition coefficient (Wildman–Crippen LogP) is 4.04. The maximum atomic E-state index is 13.2. The molecule has 1 atom stereocenters. The highest BCUT2D eigenvalue weighted by atomic mass is 79.9. The van der Waals surface area contributed by atoms with E-state index in [1.807, 2.05) is 12.1 Å². The van der Waals surface area contributed by atoms with Crippen LogP contribution < -0.4 is 5.32 Å². The molecule has 4 heteroatoms. The van der Waals surface area contributed by atoms with Crippen LogP contribution in [0.25, 0.3) is 0 Å². The molecule has 1 N–H and O–H groups in total. The summed E-state index contributed by atoms with van der Waals surface area (Å²) in [6, 6.07) is 5.71. The normalized spacial score (nSPS) is 13.2. The number of likely N-dealkylation sites (N-methyl/N-ethyl adjacent to an activating group) is 1. The second-order valence-corrected chi connectivity index (χ2v) is 6.34. The molecule has 1 rings (SSSR count). The van der Waals surface area contributed by atoms with E-state index in [-0.39, 0.29) is 5.82 Å². The van der Waals surface area contributed by atoms with Gasteiger partial charge in [-0.25, -0.2) is 4.39 Å². The Bertz CT molecular complexity index is 405. The van der Waals surface area contributed by atoms with E-state index in [1.54, 1.807) is 0 Å². The standard InChI is InChI=1S/C16H26BrFN2/c1-5-13(6-2)16(20(3)4)11-19-10-12-7-8-15(18)14(17)9-12/h7-9,13,16,19H,5-6,10-11H2,1-4H3. The summed E-state index contributed by atoms with van der Waals surface area (Å²) in [5, 5.41) is 3.49. The third-order valence-corrected chi connectivity index (χ3v) is 4.53. The van der Waals surface area contributed by atoms with Crippen LogP contribution in [0, 0.1) is 11.7 Å². The van der Waals surface area contributed by atoms with Gasteiger partial charge in [0.15, 0.2) is 0 Å². The molecule has 0 saturated carbocycles. The lowest BCUT2D eigenvalue weighted by atomic mass is 9.93. The van der Waals surface area contributed by atoms with Crippen molar-refractivity contribution in [1.29, 1.82) is 0 Å². The minimum Gasteiger partial charge on any atom is -0.311 e. The molecule has 0 fully saturated rings. The highest BCUT2D eigenvalue weighted by Gasteiger charge is 2.19. The van der Waals surface area contributed by atoms with Crippen LogP contribution in [-0.4, -0.2) is 31.6 Å².